The molecule has 0 aliphatic heterocycles. The zero-order valence-corrected chi connectivity index (χ0v) is 10.9. The SMILES string of the molecule is Nc1cc(S(=O)(=O)O)c2ccc(S(=O)(=O)O)cc2c1. The van der Waals surface area contributed by atoms with Crippen LogP contribution in [0.25, 0.3) is 10.8 Å². The van der Waals surface area contributed by atoms with E-state index >= 15 is 0 Å². The van der Waals surface area contributed by atoms with Crippen molar-refractivity contribution in [3.63, 3.8) is 0 Å². The van der Waals surface area contributed by atoms with Gasteiger partial charge < -0.3 is 5.73 Å². The number of nitrogens with two attached hydrogens (primary N) is 1. The summed E-state index contributed by atoms with van der Waals surface area (Å²) in [6.07, 6.45) is 0. The Kier molecular flexibility index (Phi) is 3.01. The van der Waals surface area contributed by atoms with Gasteiger partial charge in [-0.2, -0.15) is 16.8 Å². The van der Waals surface area contributed by atoms with Crippen LogP contribution < -0.4 is 5.73 Å². The van der Waals surface area contributed by atoms with E-state index in [1.54, 1.807) is 0 Å². The van der Waals surface area contributed by atoms with Crippen molar-refractivity contribution >= 4 is 36.7 Å². The largest absolute Gasteiger partial charge is 0.399 e. The average Bonchev–Trinajstić information content (AvgIpc) is 2.24. The maximum atomic E-state index is 11.2. The molecule has 2 rings (SSSR count). The topological polar surface area (TPSA) is 135 Å². The Hall–Kier alpha value is -1.68. The molecule has 0 unspecified atom stereocenters. The van der Waals surface area contributed by atoms with Gasteiger partial charge in [0, 0.05) is 11.1 Å². The van der Waals surface area contributed by atoms with Gasteiger partial charge in [0.1, 0.15) is 4.90 Å². The minimum absolute atomic E-state index is 0.0348. The number of hydrogen-bond acceptors (Lipinski definition) is 5. The number of hydrogen-bond donors (Lipinski definition) is 3. The molecule has 0 saturated heterocycles. The first-order valence-electron chi connectivity index (χ1n) is 4.87. The van der Waals surface area contributed by atoms with Gasteiger partial charge in [-0.3, -0.25) is 9.11 Å². The number of rotatable bonds is 2. The summed E-state index contributed by atoms with van der Waals surface area (Å²) in [6.45, 7) is 0. The normalized spacial score (nSPS) is 12.7. The molecule has 2 aromatic rings. The highest BCUT2D eigenvalue weighted by Gasteiger charge is 2.17. The molecule has 7 nitrogen and oxygen atoms in total. The van der Waals surface area contributed by atoms with E-state index in [0.29, 0.717) is 0 Å². The van der Waals surface area contributed by atoms with E-state index in [1.165, 1.54) is 12.1 Å². The number of anilines is 1. The summed E-state index contributed by atoms with van der Waals surface area (Å²) < 4.78 is 62.4. The summed E-state index contributed by atoms with van der Waals surface area (Å²) in [5.74, 6) is 0. The maximum absolute atomic E-state index is 11.2. The first-order valence-corrected chi connectivity index (χ1v) is 7.75. The lowest BCUT2D eigenvalue weighted by Gasteiger charge is -2.07. The van der Waals surface area contributed by atoms with Gasteiger partial charge in [0.2, 0.25) is 0 Å². The molecule has 0 atom stereocenters. The minimum atomic E-state index is -4.49. The van der Waals surface area contributed by atoms with Gasteiger partial charge in [-0.05, 0) is 29.7 Å². The zero-order chi connectivity index (χ0) is 14.4. The van der Waals surface area contributed by atoms with Crippen molar-refractivity contribution in [3.05, 3.63) is 30.3 Å². The van der Waals surface area contributed by atoms with Gasteiger partial charge in [-0.1, -0.05) is 6.07 Å². The molecule has 0 bridgehead atoms. The summed E-state index contributed by atoms with van der Waals surface area (Å²) in [7, 11) is -8.90. The second-order valence-electron chi connectivity index (χ2n) is 3.85. The second-order valence-corrected chi connectivity index (χ2v) is 6.66. The van der Waals surface area contributed by atoms with Crippen LogP contribution in [-0.4, -0.2) is 25.9 Å². The predicted octanol–water partition coefficient (Wildman–Crippen LogP) is 0.915. The lowest BCUT2D eigenvalue weighted by molar-refractivity contribution is 0.482. The number of nitrogen functional groups attached to an aromatic ring is 1. The van der Waals surface area contributed by atoms with Crippen molar-refractivity contribution in [2.75, 3.05) is 5.73 Å². The van der Waals surface area contributed by atoms with Crippen LogP contribution in [0, 0.1) is 0 Å². The smallest absolute Gasteiger partial charge is 0.295 e. The maximum Gasteiger partial charge on any atom is 0.295 e. The van der Waals surface area contributed by atoms with Crippen molar-refractivity contribution in [3.8, 4) is 0 Å². The van der Waals surface area contributed by atoms with Crippen LogP contribution in [0.5, 0.6) is 0 Å². The van der Waals surface area contributed by atoms with E-state index < -0.39 is 30.0 Å². The van der Waals surface area contributed by atoms with Gasteiger partial charge in [0.15, 0.2) is 0 Å². The summed E-state index contributed by atoms with van der Waals surface area (Å²) in [6, 6.07) is 5.66. The van der Waals surface area contributed by atoms with Crippen LogP contribution >= 0.6 is 0 Å². The standard InChI is InChI=1S/C10H9NO6S2/c11-7-3-6-4-8(18(12,13)14)1-2-9(6)10(5-7)19(15,16)17/h1-5H,11H2,(H,12,13,14)(H,15,16,17). The fourth-order valence-corrected chi connectivity index (χ4v) is 2.97. The molecule has 0 radical (unpaired) electrons. The van der Waals surface area contributed by atoms with E-state index in [9.17, 15) is 16.8 Å². The highest BCUT2D eigenvalue weighted by Crippen LogP contribution is 2.28. The molecule has 102 valence electrons. The molecule has 0 fully saturated rings. The first-order chi connectivity index (χ1) is 8.59. The van der Waals surface area contributed by atoms with Gasteiger partial charge in [-0.15, -0.1) is 0 Å². The average molecular weight is 303 g/mol. The molecule has 19 heavy (non-hydrogen) atoms. The van der Waals surface area contributed by atoms with Crippen molar-refractivity contribution in [2.45, 2.75) is 9.79 Å². The Balaban J connectivity index is 2.91. The monoisotopic (exact) mass is 303 g/mol. The summed E-state index contributed by atoms with van der Waals surface area (Å²) in [5.41, 5.74) is 5.53. The lowest BCUT2D eigenvalue weighted by atomic mass is 10.1. The molecule has 0 aliphatic rings. The third-order valence-corrected chi connectivity index (χ3v) is 4.23. The van der Waals surface area contributed by atoms with Crippen LogP contribution in [0.15, 0.2) is 40.1 Å². The third kappa shape index (κ3) is 2.68. The van der Waals surface area contributed by atoms with Gasteiger partial charge in [0.25, 0.3) is 20.2 Å². The van der Waals surface area contributed by atoms with Gasteiger partial charge >= 0.3 is 0 Å². The molecule has 0 heterocycles. The van der Waals surface area contributed by atoms with E-state index in [0.717, 1.165) is 18.2 Å². The molecule has 4 N–H and O–H groups in total. The van der Waals surface area contributed by atoms with Crippen molar-refractivity contribution < 1.29 is 25.9 Å². The quantitative estimate of drug-likeness (QED) is 0.554. The zero-order valence-electron chi connectivity index (χ0n) is 9.31. The Morgan fingerprint density at radius 1 is 0.895 bits per heavy atom. The van der Waals surface area contributed by atoms with Crippen LogP contribution in [0.2, 0.25) is 0 Å². The Morgan fingerprint density at radius 2 is 1.53 bits per heavy atom. The Morgan fingerprint density at radius 3 is 2.05 bits per heavy atom. The van der Waals surface area contributed by atoms with Crippen LogP contribution in [-0.2, 0) is 20.2 Å². The predicted molar refractivity (Wildman–Crippen MR) is 68.0 cm³/mol. The van der Waals surface area contributed by atoms with E-state index in [-0.39, 0.29) is 16.5 Å². The van der Waals surface area contributed by atoms with Crippen molar-refractivity contribution in [1.29, 1.82) is 0 Å². The third-order valence-electron chi connectivity index (χ3n) is 2.48. The van der Waals surface area contributed by atoms with E-state index in [4.69, 9.17) is 14.8 Å². The van der Waals surface area contributed by atoms with Crippen LogP contribution in [0.3, 0.4) is 0 Å². The second kappa shape index (κ2) is 4.17. The molecule has 0 aliphatic carbocycles. The van der Waals surface area contributed by atoms with E-state index in [1.807, 2.05) is 0 Å². The van der Waals surface area contributed by atoms with Gasteiger partial charge in [-0.25, -0.2) is 0 Å². The summed E-state index contributed by atoms with van der Waals surface area (Å²) >= 11 is 0. The van der Waals surface area contributed by atoms with E-state index in [2.05, 4.69) is 0 Å². The highest BCUT2D eigenvalue weighted by molar-refractivity contribution is 7.86. The van der Waals surface area contributed by atoms with Crippen molar-refractivity contribution in [1.82, 2.24) is 0 Å². The Bertz CT molecular complexity index is 870. The fraction of sp³-hybridized carbons (Fsp3) is 0. The molecule has 0 aromatic heterocycles. The minimum Gasteiger partial charge on any atom is -0.399 e. The number of fused-ring (bicyclic) bond motifs is 1. The molecule has 9 heteroatoms. The van der Waals surface area contributed by atoms with Gasteiger partial charge in [0.05, 0.1) is 4.90 Å². The van der Waals surface area contributed by atoms with Crippen molar-refractivity contribution in [2.24, 2.45) is 0 Å². The highest BCUT2D eigenvalue weighted by atomic mass is 32.2. The molecule has 0 saturated carbocycles. The molecule has 2 aromatic carbocycles. The fourth-order valence-electron chi connectivity index (χ4n) is 1.71. The summed E-state index contributed by atoms with van der Waals surface area (Å²) in [5, 5.41) is 0.270. The first kappa shape index (κ1) is 13.7. The van der Waals surface area contributed by atoms with Crippen LogP contribution in [0.4, 0.5) is 5.69 Å². The molecular weight excluding hydrogens is 294 g/mol. The lowest BCUT2D eigenvalue weighted by Crippen LogP contribution is -2.02. The summed E-state index contributed by atoms with van der Waals surface area (Å²) in [4.78, 5) is -0.823. The molecule has 0 amide bonds. The number of benzene rings is 2. The Labute approximate surface area is 109 Å². The molecular formula is C10H9NO6S2. The molecule has 0 spiro atoms. The van der Waals surface area contributed by atoms with Crippen LogP contribution in [0.1, 0.15) is 0 Å².